The first-order valence-electron chi connectivity index (χ1n) is 23.9. The Morgan fingerprint density at radius 1 is 0.859 bits per heavy atom. The van der Waals surface area contributed by atoms with E-state index in [1.807, 2.05) is 45.1 Å². The quantitative estimate of drug-likeness (QED) is 0.151. The molecule has 0 spiro atoms. The van der Waals surface area contributed by atoms with Crippen molar-refractivity contribution in [3.63, 3.8) is 0 Å². The van der Waals surface area contributed by atoms with Gasteiger partial charge in [-0.3, -0.25) is 19.2 Å². The fourth-order valence-corrected chi connectivity index (χ4v) is 10.2. The molecule has 0 aromatic rings. The molecule has 16 atom stereocenters. The second kappa shape index (κ2) is 24.6. The maximum Gasteiger partial charge on any atom is 0.329 e. The van der Waals surface area contributed by atoms with Crippen LogP contribution in [0.5, 0.6) is 0 Å². The zero-order valence-corrected chi connectivity index (χ0v) is 39.9. The van der Waals surface area contributed by atoms with Crippen LogP contribution < -0.4 is 0 Å². The fourth-order valence-electron chi connectivity index (χ4n) is 10.2. The van der Waals surface area contributed by atoms with Gasteiger partial charge in [0.2, 0.25) is 5.79 Å². The summed E-state index contributed by atoms with van der Waals surface area (Å²) in [6.07, 6.45) is 9.29. The summed E-state index contributed by atoms with van der Waals surface area (Å²) in [5, 5.41) is 44.5. The third kappa shape index (κ3) is 14.0. The minimum Gasteiger partial charge on any atom is -0.460 e. The van der Waals surface area contributed by atoms with Crippen molar-refractivity contribution in [2.24, 2.45) is 41.4 Å². The molecule has 0 aromatic heterocycles. The van der Waals surface area contributed by atoms with Crippen molar-refractivity contribution in [2.45, 2.75) is 186 Å². The number of aliphatic hydroxyl groups excluding tert-OH is 3. The molecule has 362 valence electrons. The highest BCUT2D eigenvalue weighted by atomic mass is 16.6. The molecule has 1 aliphatic carbocycles. The van der Waals surface area contributed by atoms with Gasteiger partial charge in [0.05, 0.1) is 24.4 Å². The van der Waals surface area contributed by atoms with Gasteiger partial charge in [0.25, 0.3) is 11.7 Å². The Hall–Kier alpha value is -3.11. The number of esters is 1. The third-order valence-electron chi connectivity index (χ3n) is 14.6. The minimum absolute atomic E-state index is 0.0158. The van der Waals surface area contributed by atoms with Gasteiger partial charge in [0, 0.05) is 51.4 Å². The van der Waals surface area contributed by atoms with Gasteiger partial charge in [-0.15, -0.1) is 0 Å². The molecule has 4 N–H and O–H groups in total. The number of methoxy groups -OCH3 is 2. The molecule has 2 saturated heterocycles. The Morgan fingerprint density at radius 2 is 1.56 bits per heavy atom. The van der Waals surface area contributed by atoms with Crippen LogP contribution in [0.2, 0.25) is 0 Å². The average molecular weight is 902 g/mol. The zero-order valence-electron chi connectivity index (χ0n) is 39.9. The molecule has 14 heteroatoms. The number of nitrogens with zero attached hydrogens (tertiary/aromatic N) is 1. The second-order valence-corrected chi connectivity index (χ2v) is 19.8. The lowest BCUT2D eigenvalue weighted by Crippen LogP contribution is -2.61. The van der Waals surface area contributed by atoms with Gasteiger partial charge in [-0.05, 0) is 107 Å². The highest BCUT2D eigenvalue weighted by Gasteiger charge is 2.53. The predicted molar refractivity (Wildman–Crippen MR) is 240 cm³/mol. The van der Waals surface area contributed by atoms with E-state index in [1.54, 1.807) is 41.9 Å². The molecular formula is C50H79NO13. The average Bonchev–Trinajstić information content (AvgIpc) is 3.27. The maximum absolute atomic E-state index is 14.3. The van der Waals surface area contributed by atoms with Gasteiger partial charge >= 0.3 is 5.97 Å². The van der Waals surface area contributed by atoms with Crippen LogP contribution in [-0.4, -0.2) is 130 Å². The summed E-state index contributed by atoms with van der Waals surface area (Å²) in [6.45, 7) is 12.6. The molecule has 64 heavy (non-hydrogen) atoms. The molecule has 1 amide bonds. The molecule has 4 aliphatic rings. The lowest BCUT2D eigenvalue weighted by Gasteiger charge is -2.43. The van der Waals surface area contributed by atoms with Crippen molar-refractivity contribution < 1.29 is 63.3 Å². The SMILES string of the molecule is COC1CC2CCC(C)C(O)(O2)C(=O)C(=O)N2CCCCC2C(=O)OC(C(C)CC2CCC(O)C(OC)C2)CC(=O)C(C)C=C(C)C(O)C(O)C(=O)C(C)CC(C)C=CC=CCC1C. The number of carbonyl (C=O) groups is 5. The highest BCUT2D eigenvalue weighted by Crippen LogP contribution is 2.38. The Morgan fingerprint density at radius 3 is 2.25 bits per heavy atom. The van der Waals surface area contributed by atoms with Crippen LogP contribution in [0.4, 0.5) is 0 Å². The molecule has 0 radical (unpaired) electrons. The number of rotatable bonds is 5. The van der Waals surface area contributed by atoms with Crippen molar-refractivity contribution in [1.29, 1.82) is 0 Å². The molecule has 3 aliphatic heterocycles. The van der Waals surface area contributed by atoms with Gasteiger partial charge in [-0.1, -0.05) is 71.9 Å². The van der Waals surface area contributed by atoms with E-state index in [9.17, 15) is 44.4 Å². The number of amides is 1. The van der Waals surface area contributed by atoms with E-state index in [2.05, 4.69) is 0 Å². The minimum atomic E-state index is -2.42. The summed E-state index contributed by atoms with van der Waals surface area (Å²) in [7, 11) is 3.16. The van der Waals surface area contributed by atoms with Crippen LogP contribution in [0.3, 0.4) is 0 Å². The van der Waals surface area contributed by atoms with Crippen molar-refractivity contribution in [1.82, 2.24) is 4.90 Å². The van der Waals surface area contributed by atoms with E-state index in [-0.39, 0.29) is 66.6 Å². The number of carbonyl (C=O) groups excluding carboxylic acids is 5. The Labute approximate surface area is 381 Å². The number of cyclic esters (lactones) is 1. The van der Waals surface area contributed by atoms with Crippen molar-refractivity contribution >= 4 is 29.2 Å². The molecular weight excluding hydrogens is 823 g/mol. The van der Waals surface area contributed by atoms with Crippen LogP contribution in [-0.2, 0) is 42.9 Å². The molecule has 14 nitrogen and oxygen atoms in total. The fraction of sp³-hybridized carbons (Fsp3) is 0.780. The number of piperidine rings is 1. The monoisotopic (exact) mass is 902 g/mol. The maximum atomic E-state index is 14.3. The first-order chi connectivity index (χ1) is 30.2. The number of fused-ring (bicyclic) bond motifs is 3. The van der Waals surface area contributed by atoms with E-state index in [0.29, 0.717) is 70.6 Å². The van der Waals surface area contributed by atoms with E-state index in [0.717, 1.165) is 0 Å². The second-order valence-electron chi connectivity index (χ2n) is 19.8. The molecule has 3 fully saturated rings. The van der Waals surface area contributed by atoms with Gasteiger partial charge in [0.15, 0.2) is 5.78 Å². The number of hydrogen-bond donors (Lipinski definition) is 4. The smallest absolute Gasteiger partial charge is 0.329 e. The van der Waals surface area contributed by atoms with Crippen molar-refractivity contribution in [2.75, 3.05) is 20.8 Å². The summed E-state index contributed by atoms with van der Waals surface area (Å²) in [5.41, 5.74) is 0.249. The predicted octanol–water partition coefficient (Wildman–Crippen LogP) is 5.61. The lowest BCUT2D eigenvalue weighted by atomic mass is 9.78. The lowest BCUT2D eigenvalue weighted by molar-refractivity contribution is -0.267. The molecule has 0 aromatic carbocycles. The number of aliphatic hydroxyl groups is 4. The first kappa shape index (κ1) is 53.5. The van der Waals surface area contributed by atoms with Crippen molar-refractivity contribution in [3.05, 3.63) is 36.0 Å². The number of hydrogen-bond acceptors (Lipinski definition) is 13. The summed E-state index contributed by atoms with van der Waals surface area (Å²) in [4.78, 5) is 71.2. The van der Waals surface area contributed by atoms with Crippen LogP contribution in [0, 0.1) is 41.4 Å². The van der Waals surface area contributed by atoms with Crippen LogP contribution >= 0.6 is 0 Å². The van der Waals surface area contributed by atoms with E-state index >= 15 is 0 Å². The number of allylic oxidation sites excluding steroid dienone is 5. The summed E-state index contributed by atoms with van der Waals surface area (Å²) in [5.74, 6) is -8.44. The zero-order chi connectivity index (χ0) is 47.5. The Bertz CT molecular complexity index is 1680. The molecule has 1 saturated carbocycles. The first-order valence-corrected chi connectivity index (χ1v) is 23.9. The topological polar surface area (TPSA) is 206 Å². The van der Waals surface area contributed by atoms with Gasteiger partial charge in [-0.25, -0.2) is 4.79 Å². The largest absolute Gasteiger partial charge is 0.460 e. The van der Waals surface area contributed by atoms with E-state index in [1.165, 1.54) is 11.0 Å². The standard InChI is InChI=1S/C50H79NO13/c1-29-15-11-10-12-16-30(2)41(61-8)27-37-20-18-35(7)50(60,64-37)47(57)48(58)51-22-14-13-17-38(51)49(59)63-42(32(4)25-36-19-21-39(52)43(26-36)62-9)28-40(53)31(3)24-34(6)45(55)46(56)44(54)33(5)23-29/h10-12,15,24,29-33,35-39,41-43,45-46,52,55-56,60H,13-14,16-23,25-28H2,1-9H3. The van der Waals surface area contributed by atoms with Gasteiger partial charge in [0.1, 0.15) is 30.1 Å². The molecule has 2 bridgehead atoms. The highest BCUT2D eigenvalue weighted by molar-refractivity contribution is 6.39. The van der Waals surface area contributed by atoms with E-state index < -0.39 is 83.5 Å². The third-order valence-corrected chi connectivity index (χ3v) is 14.6. The number of ether oxygens (including phenoxy) is 4. The van der Waals surface area contributed by atoms with Crippen LogP contribution in [0.1, 0.15) is 132 Å². The Balaban J connectivity index is 1.67. The number of ketones is 3. The number of Topliss-reactive ketones (excluding diaryl/α,β-unsaturated/α-hetero) is 3. The molecule has 3 heterocycles. The van der Waals surface area contributed by atoms with Crippen molar-refractivity contribution in [3.8, 4) is 0 Å². The van der Waals surface area contributed by atoms with Gasteiger partial charge < -0.3 is 44.3 Å². The molecule has 16 unspecified atom stereocenters. The molecule has 4 rings (SSSR count). The summed E-state index contributed by atoms with van der Waals surface area (Å²) < 4.78 is 23.8. The van der Waals surface area contributed by atoms with Crippen LogP contribution in [0.15, 0.2) is 36.0 Å². The van der Waals surface area contributed by atoms with Gasteiger partial charge in [-0.2, -0.15) is 0 Å². The van der Waals surface area contributed by atoms with E-state index in [4.69, 9.17) is 18.9 Å². The summed E-state index contributed by atoms with van der Waals surface area (Å²) in [6, 6.07) is -1.15. The Kier molecular flexibility index (Phi) is 20.6. The normalized spacial score (nSPS) is 39.5. The summed E-state index contributed by atoms with van der Waals surface area (Å²) >= 11 is 0. The van der Waals surface area contributed by atoms with Crippen LogP contribution in [0.25, 0.3) is 0 Å².